The first-order valence-electron chi connectivity index (χ1n) is 6.31. The maximum absolute atomic E-state index is 11.5. The van der Waals surface area contributed by atoms with Crippen LogP contribution < -0.4 is 5.73 Å². The van der Waals surface area contributed by atoms with Crippen LogP contribution in [0.3, 0.4) is 0 Å². The molecule has 0 radical (unpaired) electrons. The quantitative estimate of drug-likeness (QED) is 0.747. The fourth-order valence-electron chi connectivity index (χ4n) is 1.69. The van der Waals surface area contributed by atoms with Gasteiger partial charge in [-0.3, -0.25) is 4.79 Å². The van der Waals surface area contributed by atoms with Crippen LogP contribution in [-0.4, -0.2) is 48.3 Å². The Labute approximate surface area is 114 Å². The first-order chi connectivity index (χ1) is 9.00. The minimum Gasteiger partial charge on any atom is -0.389 e. The zero-order chi connectivity index (χ0) is 14.3. The smallest absolute Gasteiger partial charge is 0.239 e. The molecule has 0 aliphatic heterocycles. The minimum atomic E-state index is -0.712. The van der Waals surface area contributed by atoms with Gasteiger partial charge in [0.15, 0.2) is 0 Å². The summed E-state index contributed by atoms with van der Waals surface area (Å²) < 4.78 is 5.40. The highest BCUT2D eigenvalue weighted by atomic mass is 16.5. The van der Waals surface area contributed by atoms with E-state index in [0.717, 1.165) is 5.56 Å². The number of nitrogens with zero attached hydrogens (tertiary/aromatic N) is 1. The molecule has 0 heterocycles. The van der Waals surface area contributed by atoms with Crippen molar-refractivity contribution >= 4 is 5.91 Å². The second kappa shape index (κ2) is 7.89. The largest absolute Gasteiger partial charge is 0.389 e. The van der Waals surface area contributed by atoms with E-state index in [1.54, 1.807) is 14.0 Å². The maximum Gasteiger partial charge on any atom is 0.239 e. The monoisotopic (exact) mass is 266 g/mol. The molecular formula is C14H22N2O3. The van der Waals surface area contributed by atoms with Crippen molar-refractivity contribution in [2.24, 2.45) is 5.73 Å². The van der Waals surface area contributed by atoms with Gasteiger partial charge in [0.1, 0.15) is 0 Å². The SMILES string of the molecule is CC(N)C(=O)N(C)CC(O)COCc1ccccc1. The third-order valence-corrected chi connectivity index (χ3v) is 2.67. The number of carbonyl (C=O) groups excluding carboxylic acids is 1. The van der Waals surface area contributed by atoms with E-state index in [4.69, 9.17) is 10.5 Å². The lowest BCUT2D eigenvalue weighted by Gasteiger charge is -2.22. The molecule has 0 saturated carbocycles. The molecule has 2 atom stereocenters. The van der Waals surface area contributed by atoms with Crippen molar-refractivity contribution < 1.29 is 14.6 Å². The molecule has 0 aromatic heterocycles. The predicted octanol–water partition coefficient (Wildman–Crippen LogP) is 0.370. The van der Waals surface area contributed by atoms with Crippen LogP contribution in [0.25, 0.3) is 0 Å². The van der Waals surface area contributed by atoms with E-state index >= 15 is 0 Å². The van der Waals surface area contributed by atoms with E-state index in [1.807, 2.05) is 30.3 Å². The van der Waals surface area contributed by atoms with E-state index in [2.05, 4.69) is 0 Å². The molecule has 1 aromatic carbocycles. The second-order valence-electron chi connectivity index (χ2n) is 4.66. The van der Waals surface area contributed by atoms with E-state index in [9.17, 15) is 9.90 Å². The normalized spacial score (nSPS) is 13.9. The van der Waals surface area contributed by atoms with Crippen LogP contribution in [0, 0.1) is 0 Å². The molecule has 19 heavy (non-hydrogen) atoms. The molecule has 1 aromatic rings. The molecule has 3 N–H and O–H groups in total. The number of aliphatic hydroxyl groups is 1. The standard InChI is InChI=1S/C14H22N2O3/c1-11(15)14(18)16(2)8-13(17)10-19-9-12-6-4-3-5-7-12/h3-7,11,13,17H,8-10,15H2,1-2H3. The number of ether oxygens (including phenoxy) is 1. The summed E-state index contributed by atoms with van der Waals surface area (Å²) in [5.74, 6) is -0.192. The van der Waals surface area contributed by atoms with Gasteiger partial charge < -0.3 is 20.5 Å². The fraction of sp³-hybridized carbons (Fsp3) is 0.500. The van der Waals surface area contributed by atoms with Gasteiger partial charge in [-0.2, -0.15) is 0 Å². The van der Waals surface area contributed by atoms with Crippen LogP contribution >= 0.6 is 0 Å². The molecular weight excluding hydrogens is 244 g/mol. The molecule has 0 saturated heterocycles. The summed E-state index contributed by atoms with van der Waals surface area (Å²) in [4.78, 5) is 12.9. The Bertz CT molecular complexity index is 382. The van der Waals surface area contributed by atoms with Crippen LogP contribution in [0.15, 0.2) is 30.3 Å². The van der Waals surface area contributed by atoms with Crippen molar-refractivity contribution in [1.82, 2.24) is 4.90 Å². The molecule has 1 rings (SSSR count). The van der Waals surface area contributed by atoms with Gasteiger partial charge in [0.25, 0.3) is 0 Å². The third kappa shape index (κ3) is 5.83. The second-order valence-corrected chi connectivity index (χ2v) is 4.66. The van der Waals surface area contributed by atoms with Crippen LogP contribution in [0.2, 0.25) is 0 Å². The number of aliphatic hydroxyl groups excluding tert-OH is 1. The van der Waals surface area contributed by atoms with Crippen molar-refractivity contribution in [3.05, 3.63) is 35.9 Å². The highest BCUT2D eigenvalue weighted by molar-refractivity contribution is 5.80. The minimum absolute atomic E-state index is 0.186. The number of nitrogens with two attached hydrogens (primary N) is 1. The van der Waals surface area contributed by atoms with E-state index < -0.39 is 12.1 Å². The molecule has 5 nitrogen and oxygen atoms in total. The number of hydrogen-bond acceptors (Lipinski definition) is 4. The number of benzene rings is 1. The average Bonchev–Trinajstić information content (AvgIpc) is 2.38. The molecule has 2 unspecified atom stereocenters. The Morgan fingerprint density at radius 3 is 2.63 bits per heavy atom. The van der Waals surface area contributed by atoms with Crippen LogP contribution in [0.4, 0.5) is 0 Å². The number of rotatable bonds is 7. The van der Waals surface area contributed by atoms with Crippen molar-refractivity contribution in [1.29, 1.82) is 0 Å². The maximum atomic E-state index is 11.5. The van der Waals surface area contributed by atoms with Crippen LogP contribution in [0.5, 0.6) is 0 Å². The third-order valence-electron chi connectivity index (χ3n) is 2.67. The highest BCUT2D eigenvalue weighted by Gasteiger charge is 2.16. The molecule has 5 heteroatoms. The summed E-state index contributed by atoms with van der Waals surface area (Å²) in [7, 11) is 1.62. The van der Waals surface area contributed by atoms with Gasteiger partial charge in [0.05, 0.1) is 25.4 Å². The first-order valence-corrected chi connectivity index (χ1v) is 6.31. The summed E-state index contributed by atoms with van der Waals surface area (Å²) in [6, 6.07) is 9.17. The first kappa shape index (κ1) is 15.6. The zero-order valence-corrected chi connectivity index (χ0v) is 11.5. The van der Waals surface area contributed by atoms with Gasteiger partial charge in [0, 0.05) is 13.6 Å². The lowest BCUT2D eigenvalue weighted by molar-refractivity contribution is -0.132. The highest BCUT2D eigenvalue weighted by Crippen LogP contribution is 2.01. The van der Waals surface area contributed by atoms with Crippen molar-refractivity contribution in [3.63, 3.8) is 0 Å². The summed E-state index contributed by atoms with van der Waals surface area (Å²) in [6.07, 6.45) is -0.712. The number of hydrogen-bond donors (Lipinski definition) is 2. The summed E-state index contributed by atoms with van der Waals surface area (Å²) in [5.41, 5.74) is 6.54. The molecule has 0 aliphatic carbocycles. The lowest BCUT2D eigenvalue weighted by atomic mass is 10.2. The van der Waals surface area contributed by atoms with Crippen molar-refractivity contribution in [2.75, 3.05) is 20.2 Å². The van der Waals surface area contributed by atoms with Gasteiger partial charge in [-0.25, -0.2) is 0 Å². The molecule has 0 fully saturated rings. The number of carbonyl (C=O) groups is 1. The van der Waals surface area contributed by atoms with Gasteiger partial charge in [-0.1, -0.05) is 30.3 Å². The molecule has 0 aliphatic rings. The summed E-state index contributed by atoms with van der Waals surface area (Å²) in [6.45, 7) is 2.47. The molecule has 0 spiro atoms. The Morgan fingerprint density at radius 2 is 2.05 bits per heavy atom. The Morgan fingerprint density at radius 1 is 1.42 bits per heavy atom. The Kier molecular flexibility index (Phi) is 6.49. The zero-order valence-electron chi connectivity index (χ0n) is 11.5. The van der Waals surface area contributed by atoms with Crippen LogP contribution in [0.1, 0.15) is 12.5 Å². The molecule has 106 valence electrons. The average molecular weight is 266 g/mol. The summed E-state index contributed by atoms with van der Waals surface area (Å²) in [5, 5.41) is 9.77. The van der Waals surface area contributed by atoms with Crippen molar-refractivity contribution in [2.45, 2.75) is 25.7 Å². The van der Waals surface area contributed by atoms with Crippen molar-refractivity contribution in [3.8, 4) is 0 Å². The van der Waals surface area contributed by atoms with Gasteiger partial charge in [-0.05, 0) is 12.5 Å². The van der Waals surface area contributed by atoms with E-state index in [0.29, 0.717) is 6.61 Å². The fourth-order valence-corrected chi connectivity index (χ4v) is 1.69. The van der Waals surface area contributed by atoms with Gasteiger partial charge >= 0.3 is 0 Å². The Hall–Kier alpha value is -1.43. The number of amides is 1. The van der Waals surface area contributed by atoms with Crippen LogP contribution in [-0.2, 0) is 16.1 Å². The van der Waals surface area contributed by atoms with E-state index in [-0.39, 0.29) is 19.1 Å². The topological polar surface area (TPSA) is 75.8 Å². The van der Waals surface area contributed by atoms with E-state index in [1.165, 1.54) is 4.90 Å². The molecule has 0 bridgehead atoms. The number of likely N-dealkylation sites (N-methyl/N-ethyl adjacent to an activating group) is 1. The van der Waals surface area contributed by atoms with Gasteiger partial charge in [-0.15, -0.1) is 0 Å². The molecule has 1 amide bonds. The summed E-state index contributed by atoms with van der Waals surface area (Å²) >= 11 is 0. The predicted molar refractivity (Wildman–Crippen MR) is 73.4 cm³/mol. The Balaban J connectivity index is 2.24. The van der Waals surface area contributed by atoms with Gasteiger partial charge in [0.2, 0.25) is 5.91 Å². The lowest BCUT2D eigenvalue weighted by Crippen LogP contribution is -2.43.